The number of hydrogen-bond acceptors (Lipinski definition) is 4. The Bertz CT molecular complexity index is 1380. The van der Waals surface area contributed by atoms with Gasteiger partial charge in [-0.05, 0) is 22.8 Å². The fourth-order valence-corrected chi connectivity index (χ4v) is 4.87. The maximum Gasteiger partial charge on any atom is 0.264 e. The molecule has 37 heavy (non-hydrogen) atoms. The van der Waals surface area contributed by atoms with Gasteiger partial charge in [-0.3, -0.25) is 0 Å². The molecule has 2 aromatic heterocycles. The Balaban J connectivity index is 1.82. The highest BCUT2D eigenvalue weighted by Gasteiger charge is 2.38. The van der Waals surface area contributed by atoms with Gasteiger partial charge in [0.05, 0.1) is 24.7 Å². The Morgan fingerprint density at radius 1 is 0.838 bits per heavy atom. The number of imidazole rings is 1. The summed E-state index contributed by atoms with van der Waals surface area (Å²) in [5, 5.41) is 2.82. The molecule has 186 valence electrons. The molecule has 0 unspecified atom stereocenters. The van der Waals surface area contributed by atoms with Crippen LogP contribution in [0.3, 0.4) is 0 Å². The smallest absolute Gasteiger partial charge is 0.264 e. The SMILES string of the molecule is CNc1cc(C(F)F)c(-c2cn(C(c3ccccc3)(c3ccccc3)c3ccccc3)cn2)c(OC)n1. The predicted molar refractivity (Wildman–Crippen MR) is 141 cm³/mol. The Labute approximate surface area is 214 Å². The number of nitrogens with one attached hydrogen (secondary N) is 1. The highest BCUT2D eigenvalue weighted by molar-refractivity contribution is 5.72. The van der Waals surface area contributed by atoms with Crippen LogP contribution in [-0.2, 0) is 5.54 Å². The van der Waals surface area contributed by atoms with Gasteiger partial charge in [-0.25, -0.2) is 13.8 Å². The molecule has 1 N–H and O–H groups in total. The number of ether oxygens (including phenoxy) is 1. The average Bonchev–Trinajstić information content (AvgIpc) is 3.44. The van der Waals surface area contributed by atoms with Crippen molar-refractivity contribution in [2.45, 2.75) is 12.0 Å². The van der Waals surface area contributed by atoms with Crippen molar-refractivity contribution < 1.29 is 13.5 Å². The van der Waals surface area contributed by atoms with Crippen LogP contribution in [0.5, 0.6) is 5.88 Å². The van der Waals surface area contributed by atoms with Crippen molar-refractivity contribution in [3.05, 3.63) is 132 Å². The van der Waals surface area contributed by atoms with Gasteiger partial charge in [-0.15, -0.1) is 0 Å². The zero-order chi connectivity index (χ0) is 25.8. The fraction of sp³-hybridized carbons (Fsp3) is 0.133. The second kappa shape index (κ2) is 10.2. The molecule has 0 radical (unpaired) electrons. The zero-order valence-electron chi connectivity index (χ0n) is 20.5. The van der Waals surface area contributed by atoms with E-state index in [2.05, 4.69) is 51.7 Å². The van der Waals surface area contributed by atoms with Crippen LogP contribution in [0.2, 0.25) is 0 Å². The zero-order valence-corrected chi connectivity index (χ0v) is 20.5. The molecular formula is C30H26F2N4O. The Morgan fingerprint density at radius 2 is 1.35 bits per heavy atom. The quantitative estimate of drug-likeness (QED) is 0.241. The van der Waals surface area contributed by atoms with Crippen LogP contribution in [-0.4, -0.2) is 28.7 Å². The number of pyridine rings is 1. The maximum absolute atomic E-state index is 14.2. The molecule has 0 saturated carbocycles. The highest BCUT2D eigenvalue weighted by atomic mass is 19.3. The summed E-state index contributed by atoms with van der Waals surface area (Å²) in [6.45, 7) is 0. The molecule has 0 aliphatic heterocycles. The van der Waals surface area contributed by atoms with Crippen LogP contribution < -0.4 is 10.1 Å². The molecule has 0 bridgehead atoms. The lowest BCUT2D eigenvalue weighted by atomic mass is 9.77. The fourth-order valence-electron chi connectivity index (χ4n) is 4.87. The van der Waals surface area contributed by atoms with Crippen LogP contribution in [0.1, 0.15) is 28.7 Å². The summed E-state index contributed by atoms with van der Waals surface area (Å²) in [5.74, 6) is 0.375. The number of halogens is 2. The number of benzene rings is 3. The van der Waals surface area contributed by atoms with Crippen molar-refractivity contribution in [3.63, 3.8) is 0 Å². The standard InChI is InChI=1S/C30H26F2N4O/c1-33-26-18-24(28(31)32)27(29(35-26)37-2)25-19-36(20-34-25)30(21-12-6-3-7-13-21,22-14-8-4-9-15-22)23-16-10-5-11-17-23/h3-20,28H,1-2H3,(H,33,35). The first-order chi connectivity index (χ1) is 18.1. The number of rotatable bonds is 8. The Hall–Kier alpha value is -4.52. The molecule has 5 rings (SSSR count). The van der Waals surface area contributed by atoms with E-state index in [4.69, 9.17) is 4.74 Å². The van der Waals surface area contributed by atoms with Crippen LogP contribution in [0, 0.1) is 0 Å². The van der Waals surface area contributed by atoms with Crippen LogP contribution >= 0.6 is 0 Å². The van der Waals surface area contributed by atoms with Crippen molar-refractivity contribution in [2.75, 3.05) is 19.5 Å². The van der Waals surface area contributed by atoms with E-state index in [1.807, 2.05) is 59.2 Å². The van der Waals surface area contributed by atoms with Gasteiger partial charge in [0.1, 0.15) is 11.4 Å². The minimum atomic E-state index is -2.74. The van der Waals surface area contributed by atoms with Gasteiger partial charge >= 0.3 is 0 Å². The van der Waals surface area contributed by atoms with Crippen LogP contribution in [0.4, 0.5) is 14.6 Å². The van der Waals surface area contributed by atoms with E-state index in [-0.39, 0.29) is 17.0 Å². The van der Waals surface area contributed by atoms with Crippen molar-refractivity contribution >= 4 is 5.82 Å². The molecule has 3 aromatic carbocycles. The number of aromatic nitrogens is 3. The summed E-state index contributed by atoms with van der Waals surface area (Å²) < 4.78 is 35.9. The second-order valence-corrected chi connectivity index (χ2v) is 8.51. The van der Waals surface area contributed by atoms with E-state index < -0.39 is 12.0 Å². The third-order valence-corrected chi connectivity index (χ3v) is 6.50. The molecular weight excluding hydrogens is 470 g/mol. The van der Waals surface area contributed by atoms with Gasteiger partial charge in [-0.2, -0.15) is 4.98 Å². The molecule has 0 aliphatic rings. The lowest BCUT2D eigenvalue weighted by Crippen LogP contribution is -2.36. The highest BCUT2D eigenvalue weighted by Crippen LogP contribution is 2.43. The first-order valence-electron chi connectivity index (χ1n) is 11.9. The number of methoxy groups -OCH3 is 1. The monoisotopic (exact) mass is 496 g/mol. The largest absolute Gasteiger partial charge is 0.480 e. The van der Waals surface area contributed by atoms with Crippen LogP contribution in [0.15, 0.2) is 110 Å². The Kier molecular flexibility index (Phi) is 6.68. The normalized spacial score (nSPS) is 11.5. The molecule has 0 amide bonds. The van der Waals surface area contributed by atoms with E-state index in [0.717, 1.165) is 16.7 Å². The molecule has 0 spiro atoms. The Morgan fingerprint density at radius 3 is 1.78 bits per heavy atom. The predicted octanol–water partition coefficient (Wildman–Crippen LogP) is 6.77. The maximum atomic E-state index is 14.2. The lowest BCUT2D eigenvalue weighted by molar-refractivity contribution is 0.151. The second-order valence-electron chi connectivity index (χ2n) is 8.51. The van der Waals surface area contributed by atoms with Crippen molar-refractivity contribution in [2.24, 2.45) is 0 Å². The summed E-state index contributed by atoms with van der Waals surface area (Å²) in [6.07, 6.45) is 0.728. The third kappa shape index (κ3) is 4.22. The summed E-state index contributed by atoms with van der Waals surface area (Å²) in [6, 6.07) is 31.6. The van der Waals surface area contributed by atoms with Gasteiger partial charge in [0.15, 0.2) is 0 Å². The van der Waals surface area contributed by atoms with Crippen molar-refractivity contribution in [1.29, 1.82) is 0 Å². The lowest BCUT2D eigenvalue weighted by Gasteiger charge is -2.37. The van der Waals surface area contributed by atoms with Crippen molar-refractivity contribution in [3.8, 4) is 17.1 Å². The van der Waals surface area contributed by atoms with Gasteiger partial charge in [-0.1, -0.05) is 91.0 Å². The molecule has 5 nitrogen and oxygen atoms in total. The third-order valence-electron chi connectivity index (χ3n) is 6.50. The number of hydrogen-bond donors (Lipinski definition) is 1. The van der Waals surface area contributed by atoms with Gasteiger partial charge in [0, 0.05) is 18.8 Å². The molecule has 0 aliphatic carbocycles. The minimum absolute atomic E-state index is 0.0807. The van der Waals surface area contributed by atoms with E-state index >= 15 is 0 Å². The average molecular weight is 497 g/mol. The summed E-state index contributed by atoms with van der Waals surface area (Å²) in [7, 11) is 3.04. The van der Waals surface area contributed by atoms with E-state index in [1.165, 1.54) is 13.2 Å². The molecule has 2 heterocycles. The van der Waals surface area contributed by atoms with E-state index in [9.17, 15) is 8.78 Å². The van der Waals surface area contributed by atoms with Gasteiger partial charge in [0.25, 0.3) is 6.43 Å². The van der Waals surface area contributed by atoms with Crippen molar-refractivity contribution in [1.82, 2.24) is 14.5 Å². The first kappa shape index (κ1) is 24.2. The number of nitrogens with zero attached hydrogens (tertiary/aromatic N) is 3. The minimum Gasteiger partial charge on any atom is -0.480 e. The first-order valence-corrected chi connectivity index (χ1v) is 11.9. The van der Waals surface area contributed by atoms with Crippen LogP contribution in [0.25, 0.3) is 11.3 Å². The van der Waals surface area contributed by atoms with Gasteiger partial charge < -0.3 is 14.6 Å². The summed E-state index contributed by atoms with van der Waals surface area (Å²) in [4.78, 5) is 8.98. The van der Waals surface area contributed by atoms with E-state index in [0.29, 0.717) is 11.5 Å². The number of anilines is 1. The van der Waals surface area contributed by atoms with Gasteiger partial charge in [0.2, 0.25) is 5.88 Å². The summed E-state index contributed by atoms with van der Waals surface area (Å²) in [5.41, 5.74) is 2.49. The van der Waals surface area contributed by atoms with E-state index in [1.54, 1.807) is 19.6 Å². The molecule has 7 heteroatoms. The topological polar surface area (TPSA) is 52.0 Å². The molecule has 0 atom stereocenters. The number of alkyl halides is 2. The molecule has 0 saturated heterocycles. The molecule has 5 aromatic rings. The summed E-state index contributed by atoms with van der Waals surface area (Å²) >= 11 is 0. The molecule has 0 fully saturated rings.